The van der Waals surface area contributed by atoms with Gasteiger partial charge in [-0.15, -0.1) is 0 Å². The summed E-state index contributed by atoms with van der Waals surface area (Å²) in [6.07, 6.45) is 0. The molecule has 1 N–H and O–H groups in total. The number of benzene rings is 1. The minimum absolute atomic E-state index is 0.0715. The van der Waals surface area contributed by atoms with Gasteiger partial charge in [-0.05, 0) is 37.9 Å². The van der Waals surface area contributed by atoms with Gasteiger partial charge in [-0.1, -0.05) is 29.8 Å². The number of para-hydroxylation sites is 1. The molecule has 3 heterocycles. The van der Waals surface area contributed by atoms with Gasteiger partial charge in [0.2, 0.25) is 5.78 Å². The minimum Gasteiger partial charge on any atom is -0.506 e. The first kappa shape index (κ1) is 16.8. The third kappa shape index (κ3) is 2.10. The van der Waals surface area contributed by atoms with Crippen LogP contribution in [0.3, 0.4) is 0 Å². The maximum Gasteiger partial charge on any atom is 0.286 e. The topological polar surface area (TPSA) is 97.4 Å². The lowest BCUT2D eigenvalue weighted by Crippen LogP contribution is -2.41. The smallest absolute Gasteiger partial charge is 0.286 e. The average molecular weight is 509 g/mol. The number of hydrogen-bond acceptors (Lipinski definition) is 6. The van der Waals surface area contributed by atoms with Gasteiger partial charge < -0.3 is 5.11 Å². The van der Waals surface area contributed by atoms with Gasteiger partial charge in [0.25, 0.3) is 5.56 Å². The lowest BCUT2D eigenvalue weighted by molar-refractivity contribution is 0.103. The third-order valence-corrected chi connectivity index (χ3v) is 6.69. The molecule has 1 aliphatic rings. The van der Waals surface area contributed by atoms with Gasteiger partial charge in [0.15, 0.2) is 5.65 Å². The lowest BCUT2D eigenvalue weighted by Gasteiger charge is -2.10. The quantitative estimate of drug-likeness (QED) is 0.367. The van der Waals surface area contributed by atoms with Crippen molar-refractivity contribution in [1.82, 2.24) is 19.6 Å². The molecule has 0 unspecified atom stereocenters. The van der Waals surface area contributed by atoms with Crippen LogP contribution >= 0.6 is 43.5 Å². The predicted octanol–water partition coefficient (Wildman–Crippen LogP) is 3.03. The highest BCUT2D eigenvalue weighted by atomic mass is 79.9. The second-order valence-electron chi connectivity index (χ2n) is 5.83. The van der Waals surface area contributed by atoms with Gasteiger partial charge in [0, 0.05) is 5.39 Å². The molecule has 0 radical (unpaired) electrons. The summed E-state index contributed by atoms with van der Waals surface area (Å²) in [5.41, 5.74) is 0.320. The van der Waals surface area contributed by atoms with E-state index in [0.717, 1.165) is 4.52 Å². The number of aliphatic hydroxyl groups is 1. The van der Waals surface area contributed by atoms with Crippen LogP contribution in [0.2, 0.25) is 5.15 Å². The number of allylic oxidation sites excluding steroid dienone is 1. The number of halogens is 3. The molecule has 0 aliphatic heterocycles. The van der Waals surface area contributed by atoms with Crippen molar-refractivity contribution in [3.05, 3.63) is 59.6 Å². The average Bonchev–Trinajstić information content (AvgIpc) is 3.05. The Labute approximate surface area is 171 Å². The molecule has 0 bridgehead atoms. The highest BCUT2D eigenvalue weighted by Gasteiger charge is 2.29. The predicted molar refractivity (Wildman–Crippen MR) is 108 cm³/mol. The number of rotatable bonds is 0. The van der Waals surface area contributed by atoms with E-state index in [9.17, 15) is 14.7 Å². The summed E-state index contributed by atoms with van der Waals surface area (Å²) in [7, 11) is 0. The van der Waals surface area contributed by atoms with Gasteiger partial charge in [0.05, 0.1) is 19.9 Å². The van der Waals surface area contributed by atoms with Crippen LogP contribution in [0.1, 0.15) is 10.5 Å². The standard InChI is InChI=1S/C17H5Br2ClN4O3/c18-9-10(19)14(26)12-7(13(9)25)17(27)24-16(22-12)8-11(23-24)5-3-1-2-4-6(5)21-15(8)20/h1-4,25H. The molecule has 0 amide bonds. The summed E-state index contributed by atoms with van der Waals surface area (Å²) in [6.45, 7) is 0. The zero-order valence-corrected chi connectivity index (χ0v) is 16.9. The Morgan fingerprint density at radius 1 is 1.07 bits per heavy atom. The number of Topliss-reactive ketones (excluding diaryl/α,β-unsaturated/α-hetero) is 1. The van der Waals surface area contributed by atoms with Gasteiger partial charge in [-0.25, -0.2) is 9.97 Å². The fourth-order valence-electron chi connectivity index (χ4n) is 3.13. The van der Waals surface area contributed by atoms with E-state index in [0.29, 0.717) is 21.8 Å². The summed E-state index contributed by atoms with van der Waals surface area (Å²) >= 11 is 12.5. The molecule has 0 fully saturated rings. The zero-order valence-electron chi connectivity index (χ0n) is 13.0. The molecule has 1 aliphatic carbocycles. The number of aliphatic hydroxyl groups excluding tert-OH is 1. The number of hydrogen-bond donors (Lipinski definition) is 1. The van der Waals surface area contributed by atoms with Crippen molar-refractivity contribution in [3.63, 3.8) is 0 Å². The Balaban J connectivity index is 2.08. The molecule has 0 spiro atoms. The highest BCUT2D eigenvalue weighted by Crippen LogP contribution is 2.32. The van der Waals surface area contributed by atoms with Crippen LogP contribution in [0.4, 0.5) is 0 Å². The first-order valence-electron chi connectivity index (χ1n) is 7.54. The van der Waals surface area contributed by atoms with E-state index >= 15 is 0 Å². The lowest BCUT2D eigenvalue weighted by atomic mass is 10.1. The van der Waals surface area contributed by atoms with E-state index in [4.69, 9.17) is 11.6 Å². The van der Waals surface area contributed by atoms with Gasteiger partial charge in [-0.3, -0.25) is 9.59 Å². The van der Waals surface area contributed by atoms with E-state index in [1.165, 1.54) is 0 Å². The number of pyridine rings is 1. The number of nitrogens with zero attached hydrogens (tertiary/aromatic N) is 4. The molecule has 3 aromatic heterocycles. The summed E-state index contributed by atoms with van der Waals surface area (Å²) in [6, 6.07) is 7.22. The van der Waals surface area contributed by atoms with Crippen molar-refractivity contribution in [2.45, 2.75) is 0 Å². The fourth-order valence-corrected chi connectivity index (χ4v) is 4.15. The normalized spacial score (nSPS) is 14.6. The molecule has 27 heavy (non-hydrogen) atoms. The van der Waals surface area contributed by atoms with Crippen molar-refractivity contribution in [2.24, 2.45) is 0 Å². The molecular weight excluding hydrogens is 503 g/mol. The molecule has 4 aromatic rings. The second-order valence-corrected chi connectivity index (χ2v) is 7.77. The number of carbonyl (C=O) groups excluding carboxylic acids is 1. The number of carbonyl (C=O) groups is 1. The monoisotopic (exact) mass is 506 g/mol. The summed E-state index contributed by atoms with van der Waals surface area (Å²) in [5, 5.41) is 15.7. The third-order valence-electron chi connectivity index (χ3n) is 4.36. The Bertz CT molecular complexity index is 1510. The zero-order chi connectivity index (χ0) is 19.0. The molecule has 10 heteroatoms. The van der Waals surface area contributed by atoms with E-state index in [1.54, 1.807) is 12.1 Å². The molecule has 0 atom stereocenters. The number of fused-ring (bicyclic) bond motifs is 6. The van der Waals surface area contributed by atoms with Crippen LogP contribution in [0.15, 0.2) is 38.0 Å². The maximum absolute atomic E-state index is 13.0. The fraction of sp³-hybridized carbons (Fsp3) is 0. The first-order valence-corrected chi connectivity index (χ1v) is 9.51. The first-order chi connectivity index (χ1) is 12.9. The van der Waals surface area contributed by atoms with Crippen LogP contribution in [-0.4, -0.2) is 30.5 Å². The Hall–Kier alpha value is -2.36. The SMILES string of the molecule is O=C1C(Br)=C(Br)C(O)=c2c1nc1c3c(Cl)nc4ccccc4c3nn1c2=O. The summed E-state index contributed by atoms with van der Waals surface area (Å²) < 4.78 is 1.19. The molecule has 7 nitrogen and oxygen atoms in total. The van der Waals surface area contributed by atoms with Gasteiger partial charge >= 0.3 is 0 Å². The Kier molecular flexibility index (Phi) is 3.46. The van der Waals surface area contributed by atoms with Crippen molar-refractivity contribution in [2.75, 3.05) is 0 Å². The van der Waals surface area contributed by atoms with Crippen LogP contribution in [0, 0.1) is 0 Å². The summed E-state index contributed by atoms with van der Waals surface area (Å²) in [5.74, 6) is -0.919. The molecule has 132 valence electrons. The molecule has 0 saturated heterocycles. The van der Waals surface area contributed by atoms with E-state index in [-0.39, 0.29) is 36.4 Å². The van der Waals surface area contributed by atoms with Crippen molar-refractivity contribution in [1.29, 1.82) is 0 Å². The van der Waals surface area contributed by atoms with E-state index in [1.807, 2.05) is 12.1 Å². The minimum atomic E-state index is -0.672. The largest absolute Gasteiger partial charge is 0.506 e. The van der Waals surface area contributed by atoms with Crippen LogP contribution in [0.5, 0.6) is 0 Å². The maximum atomic E-state index is 13.0. The summed E-state index contributed by atoms with van der Waals surface area (Å²) in [4.78, 5) is 34.2. The van der Waals surface area contributed by atoms with Gasteiger partial charge in [-0.2, -0.15) is 9.61 Å². The van der Waals surface area contributed by atoms with Crippen molar-refractivity contribution in [3.8, 4) is 0 Å². The highest BCUT2D eigenvalue weighted by molar-refractivity contribution is 9.14. The van der Waals surface area contributed by atoms with E-state index < -0.39 is 11.3 Å². The molecule has 1 aromatic carbocycles. The van der Waals surface area contributed by atoms with Crippen LogP contribution < -0.4 is 10.8 Å². The van der Waals surface area contributed by atoms with Crippen LogP contribution in [-0.2, 0) is 0 Å². The molecule has 5 rings (SSSR count). The van der Waals surface area contributed by atoms with E-state index in [2.05, 4.69) is 46.9 Å². The van der Waals surface area contributed by atoms with Gasteiger partial charge in [0.1, 0.15) is 27.3 Å². The Morgan fingerprint density at radius 3 is 2.59 bits per heavy atom. The molecule has 0 saturated carbocycles. The number of ketones is 1. The van der Waals surface area contributed by atoms with Crippen molar-refractivity contribution >= 4 is 82.5 Å². The Morgan fingerprint density at radius 2 is 1.81 bits per heavy atom. The number of aromatic nitrogens is 4. The molecular formula is C17H5Br2ClN4O3. The van der Waals surface area contributed by atoms with Crippen molar-refractivity contribution < 1.29 is 9.90 Å². The second kappa shape index (κ2) is 5.57. The van der Waals surface area contributed by atoms with Crippen LogP contribution in [0.25, 0.3) is 33.2 Å².